The Bertz CT molecular complexity index is 410. The van der Waals surface area contributed by atoms with Crippen LogP contribution in [0.2, 0.25) is 0 Å². The first-order chi connectivity index (χ1) is 8.08. The van der Waals surface area contributed by atoms with Gasteiger partial charge in [-0.25, -0.2) is 0 Å². The van der Waals surface area contributed by atoms with Gasteiger partial charge in [-0.2, -0.15) is 0 Å². The number of benzene rings is 1. The average Bonchev–Trinajstić information content (AvgIpc) is 2.36. The number of nitrogens with one attached hydrogen (secondary N) is 1. The van der Waals surface area contributed by atoms with Crippen LogP contribution >= 0.6 is 15.9 Å². The molecule has 5 nitrogen and oxygen atoms in total. The predicted octanol–water partition coefficient (Wildman–Crippen LogP) is 2.25. The molecule has 0 aromatic heterocycles. The monoisotopic (exact) mass is 301 g/mol. The highest BCUT2D eigenvalue weighted by Crippen LogP contribution is 2.27. The number of amidine groups is 1. The second kappa shape index (κ2) is 6.34. The molecule has 0 radical (unpaired) electrons. The number of halogens is 1. The van der Waals surface area contributed by atoms with Crippen LogP contribution in [0.1, 0.15) is 6.92 Å². The number of hydrogen-bond acceptors (Lipinski definition) is 4. The summed E-state index contributed by atoms with van der Waals surface area (Å²) in [7, 11) is 1.62. The molecule has 0 aliphatic rings. The molecule has 0 saturated carbocycles. The Hall–Kier alpha value is -1.43. The van der Waals surface area contributed by atoms with Gasteiger partial charge in [0.05, 0.1) is 12.8 Å². The molecule has 0 aliphatic heterocycles. The van der Waals surface area contributed by atoms with E-state index in [0.29, 0.717) is 6.54 Å². The van der Waals surface area contributed by atoms with E-state index in [2.05, 4.69) is 26.4 Å². The normalized spacial score (nSPS) is 13.2. The fourth-order valence-electron chi connectivity index (χ4n) is 1.23. The molecular formula is C11H16BrN3O2. The van der Waals surface area contributed by atoms with Crippen molar-refractivity contribution in [1.82, 2.24) is 0 Å². The summed E-state index contributed by atoms with van der Waals surface area (Å²) >= 11 is 3.43. The molecule has 0 fully saturated rings. The van der Waals surface area contributed by atoms with E-state index in [-0.39, 0.29) is 11.8 Å². The number of methoxy groups -OCH3 is 1. The molecule has 0 spiro atoms. The second-order valence-electron chi connectivity index (χ2n) is 3.65. The van der Waals surface area contributed by atoms with Crippen LogP contribution in [0.3, 0.4) is 0 Å². The van der Waals surface area contributed by atoms with E-state index in [1.54, 1.807) is 7.11 Å². The molecule has 4 N–H and O–H groups in total. The van der Waals surface area contributed by atoms with Crippen LogP contribution in [0.25, 0.3) is 0 Å². The Balaban J connectivity index is 2.68. The summed E-state index contributed by atoms with van der Waals surface area (Å²) in [6.45, 7) is 2.44. The van der Waals surface area contributed by atoms with Crippen LogP contribution in [0.15, 0.2) is 27.8 Å². The second-order valence-corrected chi connectivity index (χ2v) is 4.51. The number of hydrogen-bond donors (Lipinski definition) is 3. The van der Waals surface area contributed by atoms with Gasteiger partial charge in [0, 0.05) is 23.0 Å². The molecule has 1 unspecified atom stereocenters. The molecule has 1 aromatic rings. The van der Waals surface area contributed by atoms with Gasteiger partial charge >= 0.3 is 0 Å². The lowest BCUT2D eigenvalue weighted by molar-refractivity contribution is 0.315. The SMILES string of the molecule is COc1ccc(Br)c(NCC(C)C(N)=NO)c1. The summed E-state index contributed by atoms with van der Waals surface area (Å²) in [5.74, 6) is 0.918. The van der Waals surface area contributed by atoms with Crippen molar-refractivity contribution < 1.29 is 9.94 Å². The number of anilines is 1. The Morgan fingerprint density at radius 1 is 1.65 bits per heavy atom. The highest BCUT2D eigenvalue weighted by Gasteiger charge is 2.08. The van der Waals surface area contributed by atoms with E-state index >= 15 is 0 Å². The van der Waals surface area contributed by atoms with Gasteiger partial charge in [-0.05, 0) is 28.1 Å². The van der Waals surface area contributed by atoms with Crippen molar-refractivity contribution >= 4 is 27.5 Å². The van der Waals surface area contributed by atoms with Crippen LogP contribution in [0.5, 0.6) is 5.75 Å². The Morgan fingerprint density at radius 3 is 2.94 bits per heavy atom. The molecule has 1 rings (SSSR count). The number of oxime groups is 1. The maximum atomic E-state index is 8.55. The molecule has 0 heterocycles. The van der Waals surface area contributed by atoms with E-state index in [4.69, 9.17) is 15.7 Å². The third kappa shape index (κ3) is 3.81. The van der Waals surface area contributed by atoms with Gasteiger partial charge < -0.3 is 21.0 Å². The van der Waals surface area contributed by atoms with Crippen LogP contribution in [0.4, 0.5) is 5.69 Å². The van der Waals surface area contributed by atoms with Crippen molar-refractivity contribution in [2.45, 2.75) is 6.92 Å². The van der Waals surface area contributed by atoms with Gasteiger partial charge in [0.25, 0.3) is 0 Å². The van der Waals surface area contributed by atoms with Crippen molar-refractivity contribution in [1.29, 1.82) is 0 Å². The summed E-state index contributed by atoms with van der Waals surface area (Å²) < 4.78 is 6.07. The van der Waals surface area contributed by atoms with E-state index in [9.17, 15) is 0 Å². The minimum atomic E-state index is -0.0573. The molecule has 0 bridgehead atoms. The lowest BCUT2D eigenvalue weighted by Gasteiger charge is -2.14. The number of ether oxygens (including phenoxy) is 1. The molecule has 0 aliphatic carbocycles. The Labute approximate surface area is 109 Å². The lowest BCUT2D eigenvalue weighted by Crippen LogP contribution is -2.27. The lowest BCUT2D eigenvalue weighted by atomic mass is 10.1. The third-order valence-corrected chi connectivity index (χ3v) is 3.08. The largest absolute Gasteiger partial charge is 0.497 e. The maximum absolute atomic E-state index is 8.55. The average molecular weight is 302 g/mol. The molecule has 0 amide bonds. The van der Waals surface area contributed by atoms with Crippen molar-refractivity contribution in [3.63, 3.8) is 0 Å². The molecule has 1 atom stereocenters. The van der Waals surface area contributed by atoms with Crippen molar-refractivity contribution in [3.05, 3.63) is 22.7 Å². The zero-order chi connectivity index (χ0) is 12.8. The summed E-state index contributed by atoms with van der Waals surface area (Å²) in [4.78, 5) is 0. The number of nitrogens with zero attached hydrogens (tertiary/aromatic N) is 1. The van der Waals surface area contributed by atoms with Crippen LogP contribution < -0.4 is 15.8 Å². The Kier molecular flexibility index (Phi) is 5.09. The molecule has 17 heavy (non-hydrogen) atoms. The van der Waals surface area contributed by atoms with Gasteiger partial charge in [0.2, 0.25) is 0 Å². The molecule has 94 valence electrons. The van der Waals surface area contributed by atoms with Gasteiger partial charge in [-0.15, -0.1) is 0 Å². The smallest absolute Gasteiger partial charge is 0.143 e. The molecule has 1 aromatic carbocycles. The van der Waals surface area contributed by atoms with Crippen LogP contribution in [0, 0.1) is 5.92 Å². The fraction of sp³-hybridized carbons (Fsp3) is 0.364. The van der Waals surface area contributed by atoms with E-state index in [1.165, 1.54) is 0 Å². The number of rotatable bonds is 5. The minimum absolute atomic E-state index is 0.0573. The van der Waals surface area contributed by atoms with Gasteiger partial charge in [-0.1, -0.05) is 12.1 Å². The molecule has 6 heteroatoms. The standard InChI is InChI=1S/C11H16BrN3O2/c1-7(11(13)15-16)6-14-10-5-8(17-2)3-4-9(10)12/h3-5,7,14,16H,6H2,1-2H3,(H2,13,15). The summed E-state index contributed by atoms with van der Waals surface area (Å²) in [5, 5.41) is 14.7. The highest BCUT2D eigenvalue weighted by atomic mass is 79.9. The summed E-state index contributed by atoms with van der Waals surface area (Å²) in [6, 6.07) is 5.64. The van der Waals surface area contributed by atoms with Crippen LogP contribution in [-0.2, 0) is 0 Å². The number of nitrogens with two attached hydrogens (primary N) is 1. The van der Waals surface area contributed by atoms with Crippen molar-refractivity contribution in [3.8, 4) is 5.75 Å². The minimum Gasteiger partial charge on any atom is -0.497 e. The fourth-order valence-corrected chi connectivity index (χ4v) is 1.62. The zero-order valence-corrected chi connectivity index (χ0v) is 11.4. The van der Waals surface area contributed by atoms with E-state index in [0.717, 1.165) is 15.9 Å². The first-order valence-electron chi connectivity index (χ1n) is 5.13. The van der Waals surface area contributed by atoms with Crippen molar-refractivity contribution in [2.24, 2.45) is 16.8 Å². The van der Waals surface area contributed by atoms with Gasteiger partial charge in [0.15, 0.2) is 0 Å². The van der Waals surface area contributed by atoms with Gasteiger partial charge in [-0.3, -0.25) is 0 Å². The maximum Gasteiger partial charge on any atom is 0.143 e. The topological polar surface area (TPSA) is 79.9 Å². The van der Waals surface area contributed by atoms with E-state index in [1.807, 2.05) is 25.1 Å². The van der Waals surface area contributed by atoms with E-state index < -0.39 is 0 Å². The molecule has 0 saturated heterocycles. The van der Waals surface area contributed by atoms with Gasteiger partial charge in [0.1, 0.15) is 11.6 Å². The predicted molar refractivity (Wildman–Crippen MR) is 71.8 cm³/mol. The summed E-state index contributed by atoms with van der Waals surface area (Å²) in [6.07, 6.45) is 0. The first-order valence-corrected chi connectivity index (χ1v) is 5.92. The first kappa shape index (κ1) is 13.6. The summed E-state index contributed by atoms with van der Waals surface area (Å²) in [5.41, 5.74) is 6.40. The van der Waals surface area contributed by atoms with Crippen molar-refractivity contribution in [2.75, 3.05) is 19.0 Å². The quantitative estimate of drug-likeness (QED) is 0.337. The highest BCUT2D eigenvalue weighted by molar-refractivity contribution is 9.10. The zero-order valence-electron chi connectivity index (χ0n) is 9.77. The third-order valence-electron chi connectivity index (χ3n) is 2.39. The molecular weight excluding hydrogens is 286 g/mol. The van der Waals surface area contributed by atoms with Crippen LogP contribution in [-0.4, -0.2) is 24.7 Å². The Morgan fingerprint density at radius 2 is 2.35 bits per heavy atom.